The van der Waals surface area contributed by atoms with Gasteiger partial charge in [-0.25, -0.2) is 13.7 Å². The minimum absolute atomic E-state index is 0.0443. The van der Waals surface area contributed by atoms with Crippen LogP contribution in [-0.4, -0.2) is 50.0 Å². The highest BCUT2D eigenvalue weighted by molar-refractivity contribution is 5.80. The van der Waals surface area contributed by atoms with Crippen LogP contribution in [0.3, 0.4) is 0 Å². The van der Waals surface area contributed by atoms with Gasteiger partial charge in [0.1, 0.15) is 6.17 Å². The van der Waals surface area contributed by atoms with Crippen LogP contribution in [0.1, 0.15) is 37.7 Å². The van der Waals surface area contributed by atoms with Crippen LogP contribution in [-0.2, 0) is 6.54 Å². The summed E-state index contributed by atoms with van der Waals surface area (Å²) in [5.74, 6) is 0.0443. The molecule has 2 aromatic heterocycles. The van der Waals surface area contributed by atoms with Gasteiger partial charge in [0.2, 0.25) is 0 Å². The second-order valence-corrected chi connectivity index (χ2v) is 7.75. The molecule has 1 amide bonds. The van der Waals surface area contributed by atoms with Crippen LogP contribution >= 0.6 is 0 Å². The smallest absolute Gasteiger partial charge is 0.411 e. The van der Waals surface area contributed by atoms with Gasteiger partial charge in [0.15, 0.2) is 5.65 Å². The number of hydrogen-bond acceptors (Lipinski definition) is 4. The first kappa shape index (κ1) is 20.3. The fourth-order valence-corrected chi connectivity index (χ4v) is 3.37. The van der Waals surface area contributed by atoms with E-state index < -0.39 is 12.3 Å². The zero-order valence-electron chi connectivity index (χ0n) is 16.8. The zero-order chi connectivity index (χ0) is 20.9. The predicted octanol–water partition coefficient (Wildman–Crippen LogP) is 4.59. The van der Waals surface area contributed by atoms with Crippen LogP contribution < -0.4 is 5.32 Å². The highest BCUT2D eigenvalue weighted by Gasteiger charge is 2.18. The van der Waals surface area contributed by atoms with Crippen molar-refractivity contribution in [3.8, 4) is 11.3 Å². The van der Waals surface area contributed by atoms with E-state index in [9.17, 15) is 9.18 Å². The van der Waals surface area contributed by atoms with Crippen molar-refractivity contribution >= 4 is 17.7 Å². The number of rotatable bonds is 4. The SMILES string of the molecule is C1CC1.O=C(O)Nc1nc2cccc(-c3ccc(CN4CCC(F)CC4)cc3)n2n1. The summed E-state index contributed by atoms with van der Waals surface area (Å²) in [5, 5.41) is 15.2. The molecule has 2 fully saturated rings. The van der Waals surface area contributed by atoms with E-state index in [0.29, 0.717) is 18.5 Å². The van der Waals surface area contributed by atoms with Gasteiger partial charge >= 0.3 is 6.09 Å². The lowest BCUT2D eigenvalue weighted by Crippen LogP contribution is -2.33. The topological polar surface area (TPSA) is 82.8 Å². The van der Waals surface area contributed by atoms with E-state index in [1.807, 2.05) is 24.3 Å². The van der Waals surface area contributed by atoms with Gasteiger partial charge in [-0.05, 0) is 30.5 Å². The van der Waals surface area contributed by atoms with Gasteiger partial charge in [0.05, 0.1) is 5.69 Å². The molecule has 7 nitrogen and oxygen atoms in total. The van der Waals surface area contributed by atoms with Crippen LogP contribution in [0.15, 0.2) is 42.5 Å². The maximum atomic E-state index is 13.3. The molecule has 0 bridgehead atoms. The third kappa shape index (κ3) is 5.33. The third-order valence-electron chi connectivity index (χ3n) is 5.11. The zero-order valence-corrected chi connectivity index (χ0v) is 16.8. The molecule has 3 aromatic rings. The lowest BCUT2D eigenvalue weighted by molar-refractivity contribution is 0.145. The Kier molecular flexibility index (Phi) is 6.23. The number of anilines is 1. The van der Waals surface area contributed by atoms with E-state index in [0.717, 1.165) is 30.9 Å². The van der Waals surface area contributed by atoms with Gasteiger partial charge in [-0.1, -0.05) is 49.6 Å². The summed E-state index contributed by atoms with van der Waals surface area (Å²) in [5.41, 5.74) is 3.52. The maximum absolute atomic E-state index is 13.3. The summed E-state index contributed by atoms with van der Waals surface area (Å²) in [6.45, 7) is 2.40. The van der Waals surface area contributed by atoms with Gasteiger partial charge in [-0.15, -0.1) is 5.10 Å². The Morgan fingerprint density at radius 3 is 2.43 bits per heavy atom. The number of aromatic nitrogens is 3. The Bertz CT molecular complexity index is 992. The number of benzene rings is 1. The Hall–Kier alpha value is -3.00. The number of likely N-dealkylation sites (tertiary alicyclic amines) is 1. The minimum atomic E-state index is -1.20. The fraction of sp³-hybridized carbons (Fsp3) is 0.409. The lowest BCUT2D eigenvalue weighted by Gasteiger charge is -2.28. The highest BCUT2D eigenvalue weighted by Crippen LogP contribution is 2.23. The van der Waals surface area contributed by atoms with Crippen LogP contribution in [0.4, 0.5) is 15.1 Å². The number of piperidine rings is 1. The molecule has 1 aromatic carbocycles. The number of nitrogens with zero attached hydrogens (tertiary/aromatic N) is 4. The molecule has 3 heterocycles. The lowest BCUT2D eigenvalue weighted by atomic mass is 10.1. The van der Waals surface area contributed by atoms with E-state index >= 15 is 0 Å². The van der Waals surface area contributed by atoms with E-state index in [1.54, 1.807) is 10.6 Å². The molecule has 1 aliphatic carbocycles. The average molecular weight is 411 g/mol. The molecule has 158 valence electrons. The first-order valence-corrected chi connectivity index (χ1v) is 10.4. The quantitative estimate of drug-likeness (QED) is 0.656. The molecule has 0 radical (unpaired) electrons. The van der Waals surface area contributed by atoms with Gasteiger partial charge in [-0.3, -0.25) is 10.2 Å². The number of carboxylic acid groups (broad SMARTS) is 1. The summed E-state index contributed by atoms with van der Waals surface area (Å²) in [6.07, 6.45) is 3.86. The van der Waals surface area contributed by atoms with Gasteiger partial charge in [0.25, 0.3) is 5.95 Å². The third-order valence-corrected chi connectivity index (χ3v) is 5.11. The second-order valence-electron chi connectivity index (χ2n) is 7.75. The van der Waals surface area contributed by atoms with Gasteiger partial charge in [0, 0.05) is 25.2 Å². The molecule has 0 spiro atoms. The van der Waals surface area contributed by atoms with Crippen LogP contribution in [0, 0.1) is 0 Å². The summed E-state index contributed by atoms with van der Waals surface area (Å²) in [6, 6.07) is 13.7. The Labute approximate surface area is 174 Å². The van der Waals surface area contributed by atoms with Crippen molar-refractivity contribution < 1.29 is 14.3 Å². The van der Waals surface area contributed by atoms with Crippen molar-refractivity contribution in [3.63, 3.8) is 0 Å². The van der Waals surface area contributed by atoms with Crippen molar-refractivity contribution in [3.05, 3.63) is 48.0 Å². The summed E-state index contributed by atoms with van der Waals surface area (Å²) < 4.78 is 14.9. The number of carbonyl (C=O) groups is 1. The molecule has 0 unspecified atom stereocenters. The Balaban J connectivity index is 0.000000667. The highest BCUT2D eigenvalue weighted by atomic mass is 19.1. The molecule has 30 heavy (non-hydrogen) atoms. The van der Waals surface area contributed by atoms with Crippen molar-refractivity contribution in [2.45, 2.75) is 44.8 Å². The largest absolute Gasteiger partial charge is 0.465 e. The molecule has 1 saturated carbocycles. The fourth-order valence-electron chi connectivity index (χ4n) is 3.37. The summed E-state index contributed by atoms with van der Waals surface area (Å²) in [4.78, 5) is 17.2. The molecule has 1 aliphatic heterocycles. The number of alkyl halides is 1. The molecule has 2 N–H and O–H groups in total. The van der Waals surface area contributed by atoms with Crippen LogP contribution in [0.2, 0.25) is 0 Å². The second kappa shape index (κ2) is 9.21. The van der Waals surface area contributed by atoms with Crippen LogP contribution in [0.5, 0.6) is 0 Å². The molecular formula is C22H26FN5O2. The Morgan fingerprint density at radius 1 is 1.10 bits per heavy atom. The molecule has 8 heteroatoms. The normalized spacial score (nSPS) is 16.7. The first-order chi connectivity index (χ1) is 14.6. The molecule has 1 saturated heterocycles. The maximum Gasteiger partial charge on any atom is 0.411 e. The van der Waals surface area contributed by atoms with Crippen molar-refractivity contribution in [1.29, 1.82) is 0 Å². The predicted molar refractivity (Wildman–Crippen MR) is 113 cm³/mol. The number of halogens is 1. The van der Waals surface area contributed by atoms with E-state index in [-0.39, 0.29) is 5.95 Å². The molecular weight excluding hydrogens is 385 g/mol. The van der Waals surface area contributed by atoms with Gasteiger partial charge < -0.3 is 5.11 Å². The number of amides is 1. The molecule has 2 aliphatic rings. The molecule has 0 atom stereocenters. The first-order valence-electron chi connectivity index (χ1n) is 10.4. The monoisotopic (exact) mass is 411 g/mol. The number of nitrogens with one attached hydrogen (secondary N) is 1. The van der Waals surface area contributed by atoms with E-state index in [2.05, 4.69) is 32.4 Å². The van der Waals surface area contributed by atoms with E-state index in [4.69, 9.17) is 5.11 Å². The number of hydrogen-bond donors (Lipinski definition) is 2. The minimum Gasteiger partial charge on any atom is -0.465 e. The van der Waals surface area contributed by atoms with Crippen molar-refractivity contribution in [1.82, 2.24) is 19.5 Å². The summed E-state index contributed by atoms with van der Waals surface area (Å²) in [7, 11) is 0. The number of fused-ring (bicyclic) bond motifs is 1. The van der Waals surface area contributed by atoms with Crippen LogP contribution in [0.25, 0.3) is 16.9 Å². The molecule has 5 rings (SSSR count). The Morgan fingerprint density at radius 2 is 1.80 bits per heavy atom. The van der Waals surface area contributed by atoms with Crippen molar-refractivity contribution in [2.24, 2.45) is 0 Å². The standard InChI is InChI=1S/C19H20FN5O2.C3H6/c20-15-8-10-24(11-9-15)12-13-4-6-14(7-5-13)16-2-1-3-17-21-18(22-19(26)27)23-25(16)17;1-2-3-1/h1-7,15H,8-12H2,(H,22,23)(H,26,27);1-3H2. The summed E-state index contributed by atoms with van der Waals surface area (Å²) >= 11 is 0. The van der Waals surface area contributed by atoms with E-state index in [1.165, 1.54) is 24.8 Å². The van der Waals surface area contributed by atoms with Crippen molar-refractivity contribution in [2.75, 3.05) is 18.4 Å². The average Bonchev–Trinajstić information content (AvgIpc) is 3.56. The number of pyridine rings is 1. The van der Waals surface area contributed by atoms with Gasteiger partial charge in [-0.2, -0.15) is 4.98 Å².